The van der Waals surface area contributed by atoms with Gasteiger partial charge in [-0.3, -0.25) is 0 Å². The van der Waals surface area contributed by atoms with Crippen LogP contribution in [0.3, 0.4) is 0 Å². The molecule has 0 radical (unpaired) electrons. The first-order chi connectivity index (χ1) is 17.6. The van der Waals surface area contributed by atoms with Crippen LogP contribution in [0.1, 0.15) is 25.1 Å². The van der Waals surface area contributed by atoms with Gasteiger partial charge >= 0.3 is 0 Å². The minimum Gasteiger partial charge on any atom is -0.507 e. The highest BCUT2D eigenvalue weighted by atomic mass is 16.3. The normalized spacial score (nSPS) is 29.1. The molecule has 9 heteroatoms. The summed E-state index contributed by atoms with van der Waals surface area (Å²) in [6, 6.07) is 9.20. The van der Waals surface area contributed by atoms with E-state index in [1.54, 1.807) is 12.1 Å². The molecule has 4 unspecified atom stereocenters. The molecule has 9 nitrogen and oxygen atoms in total. The summed E-state index contributed by atoms with van der Waals surface area (Å²) in [6.45, 7) is 5.95. The number of nitrogens with two attached hydrogens (primary N) is 1. The number of anilines is 3. The van der Waals surface area contributed by atoms with Crippen LogP contribution in [0.25, 0.3) is 11.3 Å². The van der Waals surface area contributed by atoms with Crippen molar-refractivity contribution in [1.82, 2.24) is 25.5 Å². The van der Waals surface area contributed by atoms with E-state index in [4.69, 9.17) is 15.7 Å². The lowest BCUT2D eigenvalue weighted by molar-refractivity contribution is -0.120. The minimum absolute atomic E-state index is 0.149. The van der Waals surface area contributed by atoms with E-state index in [1.807, 2.05) is 30.6 Å². The van der Waals surface area contributed by atoms with Crippen molar-refractivity contribution in [3.05, 3.63) is 48.5 Å². The SMILES string of the molecule is Nc1nnc(-c2ccccc2O)cc1N1CCC2CC3(c4ncc(N5CCNCC5)cn4)CC(C1)C23. The number of hydrogen-bond acceptors (Lipinski definition) is 9. The molecule has 2 saturated carbocycles. The number of para-hydroxylation sites is 1. The zero-order valence-corrected chi connectivity index (χ0v) is 20.3. The Kier molecular flexibility index (Phi) is 5.02. The largest absolute Gasteiger partial charge is 0.507 e. The molecule has 2 aliphatic heterocycles. The number of hydrogen-bond donors (Lipinski definition) is 3. The first-order valence-corrected chi connectivity index (χ1v) is 13.1. The summed E-state index contributed by atoms with van der Waals surface area (Å²) in [7, 11) is 0. The lowest BCUT2D eigenvalue weighted by Crippen LogP contribution is -2.65. The van der Waals surface area contributed by atoms with Gasteiger partial charge in [0.15, 0.2) is 5.82 Å². The first-order valence-electron chi connectivity index (χ1n) is 13.1. The lowest BCUT2D eigenvalue weighted by atomic mass is 9.38. The van der Waals surface area contributed by atoms with Crippen LogP contribution in [-0.2, 0) is 5.41 Å². The van der Waals surface area contributed by atoms with Crippen molar-refractivity contribution in [1.29, 1.82) is 0 Å². The van der Waals surface area contributed by atoms with Gasteiger partial charge in [-0.2, -0.15) is 0 Å². The Bertz CT molecular complexity index is 1280. The van der Waals surface area contributed by atoms with E-state index in [0.29, 0.717) is 34.8 Å². The Morgan fingerprint density at radius 2 is 1.75 bits per heavy atom. The molecule has 0 amide bonds. The first kappa shape index (κ1) is 21.8. The van der Waals surface area contributed by atoms with E-state index >= 15 is 0 Å². The van der Waals surface area contributed by atoms with Crippen molar-refractivity contribution in [3.8, 4) is 17.0 Å². The summed E-state index contributed by atoms with van der Waals surface area (Å²) >= 11 is 0. The Labute approximate surface area is 210 Å². The average molecular weight is 485 g/mol. The summed E-state index contributed by atoms with van der Waals surface area (Å²) in [6.07, 6.45) is 7.52. The van der Waals surface area contributed by atoms with Gasteiger partial charge in [0.1, 0.15) is 11.6 Å². The molecule has 4 heterocycles. The molecule has 2 aromatic heterocycles. The molecule has 36 heavy (non-hydrogen) atoms. The molecule has 2 aliphatic carbocycles. The zero-order valence-electron chi connectivity index (χ0n) is 20.3. The molecule has 4 N–H and O–H groups in total. The lowest BCUT2D eigenvalue weighted by Gasteiger charge is -2.66. The Hall–Kier alpha value is -3.46. The number of piperazine rings is 1. The van der Waals surface area contributed by atoms with Gasteiger partial charge in [-0.1, -0.05) is 12.1 Å². The molecule has 186 valence electrons. The van der Waals surface area contributed by atoms with E-state index in [-0.39, 0.29) is 11.2 Å². The number of aromatic nitrogens is 4. The molecule has 3 aromatic rings. The molecule has 7 rings (SSSR count). The molecule has 0 bridgehead atoms. The molecule has 1 aromatic carbocycles. The molecular formula is C27H32N8O. The third-order valence-electron chi connectivity index (χ3n) is 9.02. The van der Waals surface area contributed by atoms with Crippen LogP contribution in [0.2, 0.25) is 0 Å². The maximum atomic E-state index is 10.3. The smallest absolute Gasteiger partial charge is 0.169 e. The highest BCUT2D eigenvalue weighted by Gasteiger charge is 2.67. The molecule has 2 saturated heterocycles. The van der Waals surface area contributed by atoms with Gasteiger partial charge in [-0.05, 0) is 55.2 Å². The number of aromatic hydroxyl groups is 1. The topological polar surface area (TPSA) is 116 Å². The maximum Gasteiger partial charge on any atom is 0.169 e. The van der Waals surface area contributed by atoms with Crippen LogP contribution in [0.4, 0.5) is 17.2 Å². The van der Waals surface area contributed by atoms with Gasteiger partial charge in [0.2, 0.25) is 0 Å². The van der Waals surface area contributed by atoms with Crippen molar-refractivity contribution in [2.45, 2.75) is 24.7 Å². The number of phenols is 1. The highest BCUT2D eigenvalue weighted by Crippen LogP contribution is 2.69. The van der Waals surface area contributed by atoms with Crippen LogP contribution < -0.4 is 20.9 Å². The Balaban J connectivity index is 1.10. The maximum absolute atomic E-state index is 10.3. The third kappa shape index (κ3) is 3.32. The van der Waals surface area contributed by atoms with E-state index in [1.165, 1.54) is 6.42 Å². The van der Waals surface area contributed by atoms with Crippen LogP contribution in [0.5, 0.6) is 5.75 Å². The van der Waals surface area contributed by atoms with E-state index in [2.05, 4.69) is 25.3 Å². The van der Waals surface area contributed by atoms with Crippen molar-refractivity contribution in [3.63, 3.8) is 0 Å². The zero-order chi connectivity index (χ0) is 24.3. The quantitative estimate of drug-likeness (QED) is 0.513. The molecule has 4 fully saturated rings. The van der Waals surface area contributed by atoms with Crippen LogP contribution in [-0.4, -0.2) is 64.5 Å². The number of nitrogen functional groups attached to an aromatic ring is 1. The van der Waals surface area contributed by atoms with Gasteiger partial charge < -0.3 is 26.0 Å². The van der Waals surface area contributed by atoms with E-state index < -0.39 is 0 Å². The van der Waals surface area contributed by atoms with Crippen molar-refractivity contribution in [2.24, 2.45) is 17.8 Å². The second kappa shape index (κ2) is 8.30. The minimum atomic E-state index is 0.149. The van der Waals surface area contributed by atoms with Gasteiger partial charge in [0.05, 0.1) is 29.5 Å². The fourth-order valence-corrected chi connectivity index (χ4v) is 7.35. The van der Waals surface area contributed by atoms with Crippen LogP contribution in [0, 0.1) is 17.8 Å². The second-order valence-corrected chi connectivity index (χ2v) is 10.9. The Morgan fingerprint density at radius 1 is 0.972 bits per heavy atom. The number of rotatable bonds is 4. The molecule has 4 atom stereocenters. The number of phenolic OH excluding ortho intramolecular Hbond substituents is 1. The Morgan fingerprint density at radius 3 is 2.56 bits per heavy atom. The third-order valence-corrected chi connectivity index (χ3v) is 9.02. The summed E-state index contributed by atoms with van der Waals surface area (Å²) in [5, 5.41) is 22.2. The van der Waals surface area contributed by atoms with Crippen molar-refractivity contribution in [2.75, 3.05) is 54.8 Å². The number of benzene rings is 1. The van der Waals surface area contributed by atoms with Gasteiger partial charge in [-0.25, -0.2) is 9.97 Å². The van der Waals surface area contributed by atoms with Gasteiger partial charge in [0.25, 0.3) is 0 Å². The van der Waals surface area contributed by atoms with Crippen LogP contribution in [0.15, 0.2) is 42.7 Å². The van der Waals surface area contributed by atoms with Crippen molar-refractivity contribution < 1.29 is 5.11 Å². The predicted octanol–water partition coefficient (Wildman–Crippen LogP) is 2.44. The van der Waals surface area contributed by atoms with Gasteiger partial charge in [-0.15, -0.1) is 10.2 Å². The van der Waals surface area contributed by atoms with Crippen molar-refractivity contribution >= 4 is 17.2 Å². The monoisotopic (exact) mass is 484 g/mol. The van der Waals surface area contributed by atoms with E-state index in [0.717, 1.165) is 69.3 Å². The van der Waals surface area contributed by atoms with Gasteiger partial charge in [0, 0.05) is 50.2 Å². The van der Waals surface area contributed by atoms with Crippen LogP contribution >= 0.6 is 0 Å². The fraction of sp³-hybridized carbons (Fsp3) is 0.481. The predicted molar refractivity (Wildman–Crippen MR) is 139 cm³/mol. The molecular weight excluding hydrogens is 452 g/mol. The van der Waals surface area contributed by atoms with E-state index in [9.17, 15) is 5.11 Å². The fourth-order valence-electron chi connectivity index (χ4n) is 7.35. The molecule has 0 spiro atoms. The average Bonchev–Trinajstić information content (AvgIpc) is 2.95. The standard InChI is InChI=1S/C27H32N8O/c28-25-22(11-21(32-33-25)20-3-1-2-4-23(20)36)35-8-5-17-12-27(13-18(16-35)24(17)27)26-30-14-19(15-31-26)34-9-6-29-7-10-34/h1-4,11,14-15,17-18,24,29,36H,5-10,12-13,16H2,(H2,28,33). The molecule has 4 aliphatic rings. The second-order valence-electron chi connectivity index (χ2n) is 10.9. The summed E-state index contributed by atoms with van der Waals surface area (Å²) < 4.78 is 0. The summed E-state index contributed by atoms with van der Waals surface area (Å²) in [5.74, 6) is 3.63. The number of nitrogens with zero attached hydrogens (tertiary/aromatic N) is 6. The highest BCUT2D eigenvalue weighted by molar-refractivity contribution is 5.74. The summed E-state index contributed by atoms with van der Waals surface area (Å²) in [5.41, 5.74) is 9.83. The number of nitrogens with one attached hydrogen (secondary N) is 1. The summed E-state index contributed by atoms with van der Waals surface area (Å²) in [4.78, 5) is 14.6.